The highest BCUT2D eigenvalue weighted by atomic mass is 16.6. The number of carbonyl (C=O) groups is 1. The SMILES string of the molecule is CCOCC(=O)NC(C)c1cccc([N+](=O)[O-])c1. The van der Waals surface area contributed by atoms with Crippen LogP contribution < -0.4 is 5.32 Å². The molecule has 1 rings (SSSR count). The van der Waals surface area contributed by atoms with E-state index in [4.69, 9.17) is 4.74 Å². The number of nitro benzene ring substituents is 1. The van der Waals surface area contributed by atoms with Crippen molar-refractivity contribution in [1.82, 2.24) is 5.32 Å². The molecule has 1 aromatic rings. The van der Waals surface area contributed by atoms with Crippen molar-refractivity contribution in [1.29, 1.82) is 0 Å². The third-order valence-corrected chi connectivity index (χ3v) is 2.40. The fourth-order valence-corrected chi connectivity index (χ4v) is 1.47. The molecule has 1 N–H and O–H groups in total. The number of nitrogens with one attached hydrogen (secondary N) is 1. The maximum Gasteiger partial charge on any atom is 0.269 e. The predicted octanol–water partition coefficient (Wildman–Crippen LogP) is 1.81. The number of non-ortho nitro benzene ring substituents is 1. The molecular formula is C12H16N2O4. The van der Waals surface area contributed by atoms with E-state index in [-0.39, 0.29) is 24.2 Å². The number of carbonyl (C=O) groups excluding carboxylic acids is 1. The van der Waals surface area contributed by atoms with E-state index in [0.29, 0.717) is 12.2 Å². The van der Waals surface area contributed by atoms with Gasteiger partial charge in [-0.2, -0.15) is 0 Å². The van der Waals surface area contributed by atoms with Crippen LogP contribution in [0.3, 0.4) is 0 Å². The van der Waals surface area contributed by atoms with Gasteiger partial charge in [0.05, 0.1) is 11.0 Å². The Morgan fingerprint density at radius 3 is 2.89 bits per heavy atom. The summed E-state index contributed by atoms with van der Waals surface area (Å²) < 4.78 is 4.97. The van der Waals surface area contributed by atoms with Gasteiger partial charge in [0.2, 0.25) is 5.91 Å². The molecule has 1 unspecified atom stereocenters. The number of amides is 1. The molecule has 0 fully saturated rings. The first-order valence-corrected chi connectivity index (χ1v) is 5.66. The van der Waals surface area contributed by atoms with Gasteiger partial charge in [-0.1, -0.05) is 12.1 Å². The van der Waals surface area contributed by atoms with E-state index < -0.39 is 4.92 Å². The Labute approximate surface area is 105 Å². The molecule has 0 heterocycles. The molecule has 0 saturated heterocycles. The van der Waals surface area contributed by atoms with Crippen LogP contribution in [0.15, 0.2) is 24.3 Å². The molecule has 1 atom stereocenters. The highest BCUT2D eigenvalue weighted by Gasteiger charge is 2.12. The topological polar surface area (TPSA) is 81.5 Å². The molecule has 18 heavy (non-hydrogen) atoms. The lowest BCUT2D eigenvalue weighted by molar-refractivity contribution is -0.384. The minimum absolute atomic E-state index is 0.00420. The largest absolute Gasteiger partial charge is 0.372 e. The van der Waals surface area contributed by atoms with Crippen molar-refractivity contribution in [2.24, 2.45) is 0 Å². The molecule has 0 radical (unpaired) electrons. The van der Waals surface area contributed by atoms with Gasteiger partial charge >= 0.3 is 0 Å². The van der Waals surface area contributed by atoms with Crippen molar-refractivity contribution in [3.05, 3.63) is 39.9 Å². The van der Waals surface area contributed by atoms with Gasteiger partial charge in [-0.25, -0.2) is 0 Å². The molecule has 6 nitrogen and oxygen atoms in total. The molecule has 1 aromatic carbocycles. The first-order chi connectivity index (χ1) is 8.54. The van der Waals surface area contributed by atoms with E-state index in [2.05, 4.69) is 5.32 Å². The van der Waals surface area contributed by atoms with Crippen molar-refractivity contribution in [2.45, 2.75) is 19.9 Å². The molecule has 0 saturated carbocycles. The standard InChI is InChI=1S/C12H16N2O4/c1-3-18-8-12(15)13-9(2)10-5-4-6-11(7-10)14(16)17/h4-7,9H,3,8H2,1-2H3,(H,13,15). The van der Waals surface area contributed by atoms with Crippen LogP contribution in [-0.4, -0.2) is 24.0 Å². The number of hydrogen-bond donors (Lipinski definition) is 1. The van der Waals surface area contributed by atoms with E-state index in [1.807, 2.05) is 0 Å². The summed E-state index contributed by atoms with van der Waals surface area (Å²) >= 11 is 0. The predicted molar refractivity (Wildman–Crippen MR) is 66.1 cm³/mol. The zero-order chi connectivity index (χ0) is 13.5. The third-order valence-electron chi connectivity index (χ3n) is 2.40. The lowest BCUT2D eigenvalue weighted by Crippen LogP contribution is -2.30. The van der Waals surface area contributed by atoms with Gasteiger partial charge in [0.15, 0.2) is 0 Å². The minimum Gasteiger partial charge on any atom is -0.372 e. The summed E-state index contributed by atoms with van der Waals surface area (Å²) in [6, 6.07) is 5.90. The number of ether oxygens (including phenoxy) is 1. The zero-order valence-electron chi connectivity index (χ0n) is 10.4. The minimum atomic E-state index is -0.460. The van der Waals surface area contributed by atoms with Gasteiger partial charge in [0.1, 0.15) is 6.61 Å². The second kappa shape index (κ2) is 6.70. The van der Waals surface area contributed by atoms with Crippen molar-refractivity contribution in [3.63, 3.8) is 0 Å². The first-order valence-electron chi connectivity index (χ1n) is 5.66. The van der Waals surface area contributed by atoms with E-state index in [1.165, 1.54) is 12.1 Å². The fraction of sp³-hybridized carbons (Fsp3) is 0.417. The van der Waals surface area contributed by atoms with E-state index >= 15 is 0 Å². The lowest BCUT2D eigenvalue weighted by Gasteiger charge is -2.14. The summed E-state index contributed by atoms with van der Waals surface area (Å²) in [6.45, 7) is 4.04. The van der Waals surface area contributed by atoms with E-state index in [1.54, 1.807) is 26.0 Å². The second-order valence-electron chi connectivity index (χ2n) is 3.78. The van der Waals surface area contributed by atoms with Crippen LogP contribution in [0.25, 0.3) is 0 Å². The summed E-state index contributed by atoms with van der Waals surface area (Å²) in [4.78, 5) is 21.6. The van der Waals surface area contributed by atoms with Crippen molar-refractivity contribution >= 4 is 11.6 Å². The molecular weight excluding hydrogens is 236 g/mol. The summed E-state index contributed by atoms with van der Waals surface area (Å²) in [5, 5.41) is 13.3. The van der Waals surface area contributed by atoms with Crippen LogP contribution in [0.1, 0.15) is 25.5 Å². The van der Waals surface area contributed by atoms with Crippen molar-refractivity contribution < 1.29 is 14.5 Å². The molecule has 1 amide bonds. The van der Waals surface area contributed by atoms with Crippen LogP contribution in [0, 0.1) is 10.1 Å². The van der Waals surface area contributed by atoms with Crippen LogP contribution in [0.2, 0.25) is 0 Å². The van der Waals surface area contributed by atoms with Crippen LogP contribution >= 0.6 is 0 Å². The number of benzene rings is 1. The van der Waals surface area contributed by atoms with Gasteiger partial charge in [-0.15, -0.1) is 0 Å². The molecule has 0 aliphatic carbocycles. The normalized spacial score (nSPS) is 11.9. The summed E-state index contributed by atoms with van der Waals surface area (Å²) in [6.07, 6.45) is 0. The Balaban J connectivity index is 2.66. The number of hydrogen-bond acceptors (Lipinski definition) is 4. The van der Waals surface area contributed by atoms with Crippen LogP contribution in [0.5, 0.6) is 0 Å². The second-order valence-corrected chi connectivity index (χ2v) is 3.78. The number of nitrogens with zero attached hydrogens (tertiary/aromatic N) is 1. The Morgan fingerprint density at radius 1 is 1.56 bits per heavy atom. The molecule has 0 bridgehead atoms. The maximum absolute atomic E-state index is 11.4. The fourth-order valence-electron chi connectivity index (χ4n) is 1.47. The van der Waals surface area contributed by atoms with Gasteiger partial charge in [-0.05, 0) is 19.4 Å². The molecule has 0 aromatic heterocycles. The quantitative estimate of drug-likeness (QED) is 0.618. The number of rotatable bonds is 6. The molecule has 0 spiro atoms. The lowest BCUT2D eigenvalue weighted by atomic mass is 10.1. The summed E-state index contributed by atoms with van der Waals surface area (Å²) in [7, 11) is 0. The van der Waals surface area contributed by atoms with E-state index in [0.717, 1.165) is 0 Å². The Morgan fingerprint density at radius 2 is 2.28 bits per heavy atom. The monoisotopic (exact) mass is 252 g/mol. The molecule has 0 aliphatic rings. The summed E-state index contributed by atoms with van der Waals surface area (Å²) in [5.41, 5.74) is 0.701. The highest BCUT2D eigenvalue weighted by molar-refractivity contribution is 5.77. The van der Waals surface area contributed by atoms with E-state index in [9.17, 15) is 14.9 Å². The zero-order valence-corrected chi connectivity index (χ0v) is 10.4. The first kappa shape index (κ1) is 14.1. The average molecular weight is 252 g/mol. The third kappa shape index (κ3) is 4.14. The van der Waals surface area contributed by atoms with Gasteiger partial charge in [0.25, 0.3) is 5.69 Å². The number of nitro groups is 1. The molecule has 98 valence electrons. The molecule has 6 heteroatoms. The maximum atomic E-state index is 11.4. The van der Waals surface area contributed by atoms with Gasteiger partial charge < -0.3 is 10.1 Å². The highest BCUT2D eigenvalue weighted by Crippen LogP contribution is 2.18. The Bertz CT molecular complexity index is 434. The average Bonchev–Trinajstić information content (AvgIpc) is 2.36. The van der Waals surface area contributed by atoms with Gasteiger partial charge in [0, 0.05) is 18.7 Å². The van der Waals surface area contributed by atoms with Crippen molar-refractivity contribution in [2.75, 3.05) is 13.2 Å². The Hall–Kier alpha value is -1.95. The molecule has 0 aliphatic heterocycles. The van der Waals surface area contributed by atoms with Crippen molar-refractivity contribution in [3.8, 4) is 0 Å². The Kier molecular flexibility index (Phi) is 5.26. The summed E-state index contributed by atoms with van der Waals surface area (Å²) in [5.74, 6) is -0.240. The smallest absolute Gasteiger partial charge is 0.269 e. The van der Waals surface area contributed by atoms with Crippen LogP contribution in [-0.2, 0) is 9.53 Å². The van der Waals surface area contributed by atoms with Gasteiger partial charge in [-0.3, -0.25) is 14.9 Å². The van der Waals surface area contributed by atoms with Crippen LogP contribution in [0.4, 0.5) is 5.69 Å².